The smallest absolute Gasteiger partial charge is 0.149 e. The van der Waals surface area contributed by atoms with Crippen LogP contribution in [0, 0.1) is 11.8 Å². The Morgan fingerprint density at radius 2 is 1.33 bits per heavy atom. The van der Waals surface area contributed by atoms with Crippen LogP contribution in [0.1, 0.15) is 38.8 Å². The van der Waals surface area contributed by atoms with Crippen LogP contribution in [-0.4, -0.2) is 9.55 Å². The SMILES string of the molecule is CC(C)Cc1cccc(CC(C)C)c1-n1c(-c2cccc3c2oc2ccccc23)nc2ccccc21. The number of fused-ring (bicyclic) bond motifs is 4. The number of nitrogens with zero attached hydrogens (tertiary/aromatic N) is 2. The zero-order chi connectivity index (χ0) is 24.8. The van der Waals surface area contributed by atoms with Gasteiger partial charge in [0.2, 0.25) is 0 Å². The molecule has 0 atom stereocenters. The van der Waals surface area contributed by atoms with Crippen molar-refractivity contribution in [3.8, 4) is 17.1 Å². The molecule has 0 spiro atoms. The lowest BCUT2D eigenvalue weighted by Crippen LogP contribution is -2.10. The van der Waals surface area contributed by atoms with E-state index < -0.39 is 0 Å². The summed E-state index contributed by atoms with van der Waals surface area (Å²) < 4.78 is 8.86. The number of imidazole rings is 1. The summed E-state index contributed by atoms with van der Waals surface area (Å²) in [4.78, 5) is 5.22. The number of benzene rings is 4. The van der Waals surface area contributed by atoms with Crippen molar-refractivity contribution in [3.63, 3.8) is 0 Å². The maximum atomic E-state index is 6.46. The summed E-state index contributed by atoms with van der Waals surface area (Å²) in [6.07, 6.45) is 2.03. The molecule has 0 N–H and O–H groups in total. The van der Waals surface area contributed by atoms with Gasteiger partial charge in [-0.1, -0.05) is 88.4 Å². The number of rotatable bonds is 6. The zero-order valence-electron chi connectivity index (χ0n) is 21.5. The summed E-state index contributed by atoms with van der Waals surface area (Å²) in [5, 5.41) is 2.26. The Labute approximate surface area is 212 Å². The third-order valence-corrected chi connectivity index (χ3v) is 6.89. The second kappa shape index (κ2) is 8.98. The zero-order valence-corrected chi connectivity index (χ0v) is 21.5. The lowest BCUT2D eigenvalue weighted by atomic mass is 9.93. The molecule has 36 heavy (non-hydrogen) atoms. The van der Waals surface area contributed by atoms with Crippen LogP contribution in [0.3, 0.4) is 0 Å². The van der Waals surface area contributed by atoms with Crippen molar-refractivity contribution in [2.45, 2.75) is 40.5 Å². The van der Waals surface area contributed by atoms with Gasteiger partial charge < -0.3 is 4.42 Å². The van der Waals surface area contributed by atoms with Crippen molar-refractivity contribution in [2.75, 3.05) is 0 Å². The van der Waals surface area contributed by atoms with E-state index in [2.05, 4.69) is 105 Å². The molecule has 0 aliphatic heterocycles. The molecule has 0 radical (unpaired) electrons. The molecule has 0 saturated heterocycles. The molecule has 0 bridgehead atoms. The van der Waals surface area contributed by atoms with Gasteiger partial charge >= 0.3 is 0 Å². The van der Waals surface area contributed by atoms with E-state index in [1.165, 1.54) is 16.8 Å². The molecular weight excluding hydrogens is 440 g/mol. The van der Waals surface area contributed by atoms with Gasteiger partial charge in [-0.2, -0.15) is 0 Å². The second-order valence-corrected chi connectivity index (χ2v) is 10.7. The highest BCUT2D eigenvalue weighted by molar-refractivity contribution is 6.09. The molecule has 0 aliphatic rings. The Bertz CT molecular complexity index is 1670. The fourth-order valence-corrected chi connectivity index (χ4v) is 5.50. The molecule has 0 fully saturated rings. The highest BCUT2D eigenvalue weighted by Crippen LogP contribution is 2.39. The van der Waals surface area contributed by atoms with E-state index in [1.54, 1.807) is 0 Å². The van der Waals surface area contributed by atoms with Crippen molar-refractivity contribution < 1.29 is 4.42 Å². The van der Waals surface area contributed by atoms with Crippen molar-refractivity contribution >= 4 is 33.0 Å². The summed E-state index contributed by atoms with van der Waals surface area (Å²) in [5.74, 6) is 2.03. The molecule has 180 valence electrons. The highest BCUT2D eigenvalue weighted by Gasteiger charge is 2.23. The Morgan fingerprint density at radius 3 is 2.08 bits per heavy atom. The number of para-hydroxylation sites is 5. The van der Waals surface area contributed by atoms with Gasteiger partial charge in [0.05, 0.1) is 22.3 Å². The third-order valence-electron chi connectivity index (χ3n) is 6.89. The molecule has 3 heteroatoms. The molecule has 6 aromatic rings. The first-order chi connectivity index (χ1) is 17.5. The molecule has 0 amide bonds. The number of aromatic nitrogens is 2. The molecule has 4 aromatic carbocycles. The van der Waals surface area contributed by atoms with Crippen LogP contribution in [0.4, 0.5) is 0 Å². The predicted octanol–water partition coefficient (Wildman–Crippen LogP) is 8.99. The van der Waals surface area contributed by atoms with Gasteiger partial charge in [0.25, 0.3) is 0 Å². The van der Waals surface area contributed by atoms with Crippen LogP contribution >= 0.6 is 0 Å². The van der Waals surface area contributed by atoms with Gasteiger partial charge in [0.1, 0.15) is 17.0 Å². The maximum absolute atomic E-state index is 6.46. The average Bonchev–Trinajstić information content (AvgIpc) is 3.42. The highest BCUT2D eigenvalue weighted by atomic mass is 16.3. The van der Waals surface area contributed by atoms with E-state index in [4.69, 9.17) is 9.40 Å². The van der Waals surface area contributed by atoms with E-state index in [0.717, 1.165) is 57.2 Å². The number of furan rings is 1. The van der Waals surface area contributed by atoms with E-state index >= 15 is 0 Å². The first-order valence-electron chi connectivity index (χ1n) is 13.0. The molecule has 6 rings (SSSR count). The van der Waals surface area contributed by atoms with Crippen LogP contribution in [0.2, 0.25) is 0 Å². The van der Waals surface area contributed by atoms with Crippen molar-refractivity contribution in [2.24, 2.45) is 11.8 Å². The summed E-state index contributed by atoms with van der Waals surface area (Å²) in [6, 6.07) is 30.0. The van der Waals surface area contributed by atoms with Gasteiger partial charge in [-0.3, -0.25) is 4.57 Å². The Hall–Kier alpha value is -3.85. The van der Waals surface area contributed by atoms with Gasteiger partial charge in [0.15, 0.2) is 0 Å². The minimum Gasteiger partial charge on any atom is -0.455 e. The third kappa shape index (κ3) is 3.80. The van der Waals surface area contributed by atoms with Crippen LogP contribution in [0.25, 0.3) is 50.0 Å². The van der Waals surface area contributed by atoms with E-state index in [1.807, 2.05) is 12.1 Å². The Kier molecular flexibility index (Phi) is 5.64. The molecule has 0 aliphatic carbocycles. The fourth-order valence-electron chi connectivity index (χ4n) is 5.50. The standard InChI is InChI=1S/C33H32N2O/c1-21(2)19-23-11-9-12-24(20-22(3)4)31(23)35-29-17-7-6-16-28(29)34-33(35)27-15-10-14-26-25-13-5-8-18-30(25)36-32(26)27/h5-18,21-22H,19-20H2,1-4H3. The van der Waals surface area contributed by atoms with Gasteiger partial charge in [0, 0.05) is 10.8 Å². The van der Waals surface area contributed by atoms with Crippen LogP contribution < -0.4 is 0 Å². The summed E-state index contributed by atoms with van der Waals surface area (Å²) in [6.45, 7) is 9.17. The predicted molar refractivity (Wildman–Crippen MR) is 151 cm³/mol. The minimum atomic E-state index is 0.551. The maximum Gasteiger partial charge on any atom is 0.149 e. The fraction of sp³-hybridized carbons (Fsp3) is 0.242. The van der Waals surface area contributed by atoms with E-state index in [0.29, 0.717) is 11.8 Å². The van der Waals surface area contributed by atoms with Gasteiger partial charge in [-0.25, -0.2) is 4.98 Å². The van der Waals surface area contributed by atoms with Crippen molar-refractivity contribution in [1.29, 1.82) is 0 Å². The Morgan fingerprint density at radius 1 is 0.694 bits per heavy atom. The lowest BCUT2D eigenvalue weighted by Gasteiger charge is -2.21. The van der Waals surface area contributed by atoms with Crippen molar-refractivity contribution in [3.05, 3.63) is 96.1 Å². The second-order valence-electron chi connectivity index (χ2n) is 10.7. The molecular formula is C33H32N2O. The average molecular weight is 473 g/mol. The molecule has 0 saturated carbocycles. The van der Waals surface area contributed by atoms with Crippen LogP contribution in [0.15, 0.2) is 89.3 Å². The first kappa shape index (κ1) is 22.6. The molecule has 2 aromatic heterocycles. The van der Waals surface area contributed by atoms with Gasteiger partial charge in [-0.15, -0.1) is 0 Å². The van der Waals surface area contributed by atoms with E-state index in [9.17, 15) is 0 Å². The summed E-state index contributed by atoms with van der Waals surface area (Å²) in [7, 11) is 0. The number of hydrogen-bond acceptors (Lipinski definition) is 2. The summed E-state index contributed by atoms with van der Waals surface area (Å²) >= 11 is 0. The summed E-state index contributed by atoms with van der Waals surface area (Å²) in [5.41, 5.74) is 8.95. The van der Waals surface area contributed by atoms with E-state index in [-0.39, 0.29) is 0 Å². The molecule has 3 nitrogen and oxygen atoms in total. The monoisotopic (exact) mass is 472 g/mol. The van der Waals surface area contributed by atoms with Crippen LogP contribution in [-0.2, 0) is 12.8 Å². The largest absolute Gasteiger partial charge is 0.455 e. The lowest BCUT2D eigenvalue weighted by molar-refractivity contribution is 0.632. The number of hydrogen-bond donors (Lipinski definition) is 0. The molecule has 2 heterocycles. The Balaban J connectivity index is 1.71. The van der Waals surface area contributed by atoms with Crippen molar-refractivity contribution in [1.82, 2.24) is 9.55 Å². The quantitative estimate of drug-likeness (QED) is 0.242. The minimum absolute atomic E-state index is 0.551. The first-order valence-corrected chi connectivity index (χ1v) is 13.0. The van der Waals surface area contributed by atoms with Crippen LogP contribution in [0.5, 0.6) is 0 Å². The topological polar surface area (TPSA) is 31.0 Å². The van der Waals surface area contributed by atoms with Gasteiger partial charge in [-0.05, 0) is 60.1 Å². The molecule has 0 unspecified atom stereocenters. The normalized spacial score (nSPS) is 12.1.